The van der Waals surface area contributed by atoms with Gasteiger partial charge in [0.1, 0.15) is 0 Å². The summed E-state index contributed by atoms with van der Waals surface area (Å²) >= 11 is 0. The molecule has 4 saturated carbocycles. The molecule has 5 saturated heterocycles. The van der Waals surface area contributed by atoms with E-state index in [1.807, 2.05) is 6.07 Å². The summed E-state index contributed by atoms with van der Waals surface area (Å²) in [6.07, 6.45) is 38.2. The molecule has 9 fully saturated rings. The number of carbonyl (C=O) groups is 3. The standard InChI is InChI=1S/C23H30N2O.C22H32N2O2S.C21H30N2O.C20H28N2O2.6H2/c1-16(26)24-22-14-23(21-5-3-2-4-20(21)22)8-10-25(11-9-23)15-19-13-17-6-7-18(19)12-17;1-27(25,26)23-21-14-22(20-5-3-2-4-19(20)21)8-10-24(11-9-22)15-18-13-16-6-7-17(18)12-16;1-16(24)22-20-15-21(19-10-6-5-9-18(19)20)11-13-23(14-12-21)17-7-3-2-4-8-17;1-15(23)21-19-14-20(18-5-3-2-4-17(18)19)8-10-22(11-9-20)16-6-12-24-13-7-16;;;;;;/h2-7,17-19,22H,8-15H2,1H3,(H,24,26);2-5,16-18,21,23H,6-15H2,1H3;5-6,9-10,17,20H,2-4,7-8,11-15H2,1H3,(H,22,24);2-5,16,19H,6-14H2,1H3,(H,21,23);6*1H/t17-,18?,19+,22?;16-,17?,18+,21+;20-;19-;;;;;;/m0000....../s1. The van der Waals surface area contributed by atoms with Crippen LogP contribution in [0.1, 0.15) is 259 Å². The van der Waals surface area contributed by atoms with E-state index in [4.69, 9.17) is 4.74 Å². The quantitative estimate of drug-likeness (QED) is 0.107. The van der Waals surface area contributed by atoms with Crippen LogP contribution in [-0.4, -0.2) is 143 Å². The normalized spacial score (nSPS) is 31.1. The first-order valence-electron chi connectivity index (χ1n) is 40.3. The van der Waals surface area contributed by atoms with Crippen LogP contribution in [0.4, 0.5) is 0 Å². The molecule has 4 aromatic rings. The number of ether oxygens (including phenoxy) is 1. The van der Waals surface area contributed by atoms with Crippen molar-refractivity contribution < 1.29 is 36.1 Å². The van der Waals surface area contributed by atoms with Crippen molar-refractivity contribution in [2.24, 2.45) is 35.5 Å². The van der Waals surface area contributed by atoms with E-state index < -0.39 is 10.0 Å². The van der Waals surface area contributed by atoms with Crippen molar-refractivity contribution in [1.29, 1.82) is 0 Å². The van der Waals surface area contributed by atoms with Crippen LogP contribution in [0.25, 0.3) is 0 Å². The molecule has 4 spiro atoms. The number of carbonyl (C=O) groups excluding carboxylic acids is 3. The second-order valence-corrected chi connectivity index (χ2v) is 36.6. The molecule has 558 valence electrons. The third-order valence-electron chi connectivity index (χ3n) is 28.7. The fourth-order valence-electron chi connectivity index (χ4n) is 23.8. The number of nitrogens with one attached hydrogen (secondary N) is 4. The summed E-state index contributed by atoms with van der Waals surface area (Å²) in [6.45, 7) is 18.9. The van der Waals surface area contributed by atoms with E-state index >= 15 is 0 Å². The minimum atomic E-state index is -3.20. The van der Waals surface area contributed by atoms with Gasteiger partial charge in [-0.2, -0.15) is 0 Å². The van der Waals surface area contributed by atoms with Crippen molar-refractivity contribution in [3.8, 4) is 0 Å². The molecule has 3 unspecified atom stereocenters. The number of nitrogens with zero attached hydrogens (tertiary/aromatic N) is 4. The fraction of sp³-hybridized carbons (Fsp3) is 0.663. The third-order valence-corrected chi connectivity index (χ3v) is 29.4. The van der Waals surface area contributed by atoms with Crippen molar-refractivity contribution >= 4 is 27.7 Å². The monoisotopic (exact) mass is 1400 g/mol. The summed E-state index contributed by atoms with van der Waals surface area (Å²) < 4.78 is 32.1. The molecule has 14 aliphatic rings. The predicted molar refractivity (Wildman–Crippen MR) is 415 cm³/mol. The van der Waals surface area contributed by atoms with Crippen molar-refractivity contribution in [1.82, 2.24) is 40.3 Å². The Morgan fingerprint density at radius 2 is 0.851 bits per heavy atom. The van der Waals surface area contributed by atoms with E-state index in [1.165, 1.54) is 225 Å². The first-order valence-corrected chi connectivity index (χ1v) is 42.1. The number of hydrogen-bond acceptors (Lipinski definition) is 10. The summed E-state index contributed by atoms with van der Waals surface area (Å²) in [4.78, 5) is 45.8. The molecule has 18 rings (SSSR count). The zero-order chi connectivity index (χ0) is 69.5. The highest BCUT2D eigenvalue weighted by atomic mass is 32.2. The summed E-state index contributed by atoms with van der Waals surface area (Å²) in [5.74, 6) is 5.84. The molecule has 0 radical (unpaired) electrons. The van der Waals surface area contributed by atoms with Crippen LogP contribution in [-0.2, 0) is 50.8 Å². The van der Waals surface area contributed by atoms with Crippen molar-refractivity contribution in [3.05, 3.63) is 154 Å². The average molecular weight is 1410 g/mol. The van der Waals surface area contributed by atoms with E-state index in [0.717, 1.165) is 106 Å². The molecule has 9 aliphatic carbocycles. The van der Waals surface area contributed by atoms with Crippen molar-refractivity contribution in [2.45, 2.75) is 239 Å². The predicted octanol–water partition coefficient (Wildman–Crippen LogP) is 15.5. The van der Waals surface area contributed by atoms with Crippen molar-refractivity contribution in [3.63, 3.8) is 0 Å². The van der Waals surface area contributed by atoms with E-state index in [0.29, 0.717) is 6.04 Å². The van der Waals surface area contributed by atoms with Gasteiger partial charge in [-0.3, -0.25) is 14.4 Å². The van der Waals surface area contributed by atoms with Gasteiger partial charge in [-0.15, -0.1) is 0 Å². The highest BCUT2D eigenvalue weighted by Gasteiger charge is 2.51. The first kappa shape index (κ1) is 71.4. The molecule has 10 atom stereocenters. The Morgan fingerprint density at radius 3 is 1.23 bits per heavy atom. The molecule has 3 amide bonds. The maximum atomic E-state index is 11.9. The second-order valence-electron chi connectivity index (χ2n) is 34.8. The number of piperidine rings is 4. The Bertz CT molecular complexity index is 3620. The number of amides is 3. The third kappa shape index (κ3) is 15.4. The Morgan fingerprint density at radius 1 is 0.455 bits per heavy atom. The lowest BCUT2D eigenvalue weighted by Crippen LogP contribution is -2.48. The number of hydrogen-bond donors (Lipinski definition) is 4. The zero-order valence-corrected chi connectivity index (χ0v) is 62.4. The minimum absolute atomic E-state index is 0. The van der Waals surface area contributed by atoms with Crippen LogP contribution < -0.4 is 20.7 Å². The van der Waals surface area contributed by atoms with Gasteiger partial charge in [0.05, 0.1) is 24.4 Å². The second kappa shape index (κ2) is 30.3. The molecule has 4 N–H and O–H groups in total. The molecule has 15 heteroatoms. The molecule has 5 heterocycles. The van der Waals surface area contributed by atoms with Gasteiger partial charge in [-0.05, 0) is 273 Å². The highest BCUT2D eigenvalue weighted by Crippen LogP contribution is 2.56. The van der Waals surface area contributed by atoms with Crippen LogP contribution in [0.5, 0.6) is 0 Å². The molecular formula is C86H132N8O6S. The number of fused-ring (bicyclic) bond motifs is 12. The van der Waals surface area contributed by atoms with E-state index in [2.05, 4.69) is 143 Å². The lowest BCUT2D eigenvalue weighted by Gasteiger charge is -2.44. The maximum Gasteiger partial charge on any atom is 0.217 e. The van der Waals surface area contributed by atoms with Gasteiger partial charge in [0.25, 0.3) is 0 Å². The summed E-state index contributed by atoms with van der Waals surface area (Å²) in [7, 11) is -3.20. The molecule has 101 heavy (non-hydrogen) atoms. The Balaban J connectivity index is 0.000000162. The number of allylic oxidation sites excluding steroid dienone is 2. The SMILES string of the molecule is CC(=O)NC1CC2(CCN(C[C@H]3C[C@H]4C=CC3C4)CC2)c2ccccc21.CC(=O)N[C@H]1CC2(CCN(C3CCCCC3)CC2)c2ccccc21.CC(=O)N[C@H]1CC2(CCN(C3CCOCC3)CC2)c2ccccc21.CS(=O)(=O)N[C@@H]1CC2(CCN(C[C@H]3C[C@H]4CCC3C4)CC2)c2ccccc21.[HH].[HH].[HH].[HH].[HH].[HH]. The van der Waals surface area contributed by atoms with E-state index in [-0.39, 0.29) is 72.1 Å². The Labute approximate surface area is 614 Å². The molecule has 0 aromatic heterocycles. The lowest BCUT2D eigenvalue weighted by molar-refractivity contribution is -0.120. The van der Waals surface area contributed by atoms with Gasteiger partial charge in [-0.1, -0.05) is 135 Å². The summed E-state index contributed by atoms with van der Waals surface area (Å²) in [5.41, 5.74) is 12.1. The van der Waals surface area contributed by atoms with Crippen LogP contribution >= 0.6 is 0 Å². The van der Waals surface area contributed by atoms with Gasteiger partial charge < -0.3 is 40.3 Å². The zero-order valence-electron chi connectivity index (χ0n) is 61.6. The van der Waals surface area contributed by atoms with Crippen molar-refractivity contribution in [2.75, 3.05) is 84.9 Å². The minimum Gasteiger partial charge on any atom is -0.381 e. The first-order chi connectivity index (χ1) is 48.9. The molecule has 4 aromatic carbocycles. The molecule has 14 nitrogen and oxygen atoms in total. The number of rotatable bonds is 11. The van der Waals surface area contributed by atoms with Gasteiger partial charge in [0.2, 0.25) is 27.7 Å². The number of likely N-dealkylation sites (tertiary alicyclic amines) is 4. The van der Waals surface area contributed by atoms with Gasteiger partial charge in [-0.25, -0.2) is 13.1 Å². The van der Waals surface area contributed by atoms with Gasteiger partial charge in [0.15, 0.2) is 0 Å². The maximum absolute atomic E-state index is 11.9. The average Bonchev–Trinajstić information content (AvgIpc) is 1.62. The molecule has 4 bridgehead atoms. The number of benzene rings is 4. The van der Waals surface area contributed by atoms with Gasteiger partial charge >= 0.3 is 0 Å². The Hall–Kier alpha value is -5.26. The van der Waals surface area contributed by atoms with Crippen LogP contribution in [0.2, 0.25) is 0 Å². The van der Waals surface area contributed by atoms with Crippen LogP contribution in [0.15, 0.2) is 109 Å². The highest BCUT2D eigenvalue weighted by molar-refractivity contribution is 7.88. The fourth-order valence-corrected chi connectivity index (χ4v) is 24.5. The van der Waals surface area contributed by atoms with Crippen LogP contribution in [0, 0.1) is 35.5 Å². The summed E-state index contributed by atoms with van der Waals surface area (Å²) in [6, 6.07) is 37.0. The van der Waals surface area contributed by atoms with E-state index in [9.17, 15) is 22.8 Å². The Kier molecular flexibility index (Phi) is 21.4. The largest absolute Gasteiger partial charge is 0.381 e. The van der Waals surface area contributed by atoms with Gasteiger partial charge in [0, 0.05) is 90.0 Å². The summed E-state index contributed by atoms with van der Waals surface area (Å²) in [5, 5.41) is 9.56. The topological polar surface area (TPSA) is 156 Å². The molecular weight excluding hydrogens is 1270 g/mol. The number of sulfonamides is 1. The van der Waals surface area contributed by atoms with E-state index in [1.54, 1.807) is 20.8 Å². The lowest BCUT2D eigenvalue weighted by atomic mass is 9.73. The molecule has 5 aliphatic heterocycles. The smallest absolute Gasteiger partial charge is 0.217 e. The van der Waals surface area contributed by atoms with Crippen LogP contribution in [0.3, 0.4) is 0 Å².